The number of furan rings is 1. The van der Waals surface area contributed by atoms with Crippen LogP contribution in [0.15, 0.2) is 16.7 Å². The van der Waals surface area contributed by atoms with Crippen molar-refractivity contribution in [1.82, 2.24) is 4.90 Å². The van der Waals surface area contributed by atoms with Crippen LogP contribution in [0.2, 0.25) is 0 Å². The molecule has 1 amide bonds. The molecule has 0 aromatic carbocycles. The van der Waals surface area contributed by atoms with E-state index in [-0.39, 0.29) is 5.91 Å². The number of rotatable bonds is 4. The van der Waals surface area contributed by atoms with Gasteiger partial charge >= 0.3 is 5.97 Å². The number of nitrogens with zero attached hydrogens (tertiary/aromatic N) is 1. The van der Waals surface area contributed by atoms with Crippen LogP contribution in [0.25, 0.3) is 0 Å². The molecule has 1 aliphatic rings. The van der Waals surface area contributed by atoms with E-state index in [0.717, 1.165) is 12.8 Å². The minimum Gasteiger partial charge on any atom is -0.481 e. The summed E-state index contributed by atoms with van der Waals surface area (Å²) in [7, 11) is 0. The summed E-state index contributed by atoms with van der Waals surface area (Å²) < 4.78 is 5.30. The lowest BCUT2D eigenvalue weighted by Gasteiger charge is -2.15. The van der Waals surface area contributed by atoms with E-state index in [2.05, 4.69) is 0 Å². The van der Waals surface area contributed by atoms with Gasteiger partial charge in [0.2, 0.25) is 0 Å². The first-order valence-corrected chi connectivity index (χ1v) is 6.22. The molecule has 1 N–H and O–H groups in total. The van der Waals surface area contributed by atoms with Crippen molar-refractivity contribution in [2.24, 2.45) is 5.92 Å². The number of amides is 1. The topological polar surface area (TPSA) is 70.8 Å². The summed E-state index contributed by atoms with van der Waals surface area (Å²) >= 11 is 0. The van der Waals surface area contributed by atoms with E-state index in [1.54, 1.807) is 11.0 Å². The normalized spacial score (nSPS) is 19.2. The molecule has 0 bridgehead atoms. The fraction of sp³-hybridized carbons (Fsp3) is 0.538. The Morgan fingerprint density at radius 1 is 1.56 bits per heavy atom. The van der Waals surface area contributed by atoms with E-state index >= 15 is 0 Å². The molecular weight excluding hydrogens is 234 g/mol. The molecule has 0 radical (unpaired) electrons. The van der Waals surface area contributed by atoms with Gasteiger partial charge in [-0.25, -0.2) is 0 Å². The lowest BCUT2D eigenvalue weighted by Crippen LogP contribution is -2.30. The average Bonchev–Trinajstić information content (AvgIpc) is 2.97. The number of carbonyl (C=O) groups is 2. The van der Waals surface area contributed by atoms with E-state index in [1.807, 2.05) is 6.92 Å². The van der Waals surface area contributed by atoms with E-state index in [0.29, 0.717) is 30.8 Å². The van der Waals surface area contributed by atoms with Crippen LogP contribution < -0.4 is 0 Å². The van der Waals surface area contributed by atoms with Crippen molar-refractivity contribution in [3.8, 4) is 0 Å². The minimum atomic E-state index is -0.828. The number of aryl methyl sites for hydroxylation is 1. The van der Waals surface area contributed by atoms with Crippen molar-refractivity contribution >= 4 is 11.9 Å². The maximum absolute atomic E-state index is 12.2. The Morgan fingerprint density at radius 2 is 2.33 bits per heavy atom. The summed E-state index contributed by atoms with van der Waals surface area (Å²) in [6.45, 7) is 2.82. The summed E-state index contributed by atoms with van der Waals surface area (Å²) in [5.41, 5.74) is 0.572. The Kier molecular flexibility index (Phi) is 3.69. The van der Waals surface area contributed by atoms with E-state index in [1.165, 1.54) is 6.26 Å². The number of hydrogen-bond acceptors (Lipinski definition) is 3. The highest BCUT2D eigenvalue weighted by Gasteiger charge is 2.32. The van der Waals surface area contributed by atoms with Crippen LogP contribution >= 0.6 is 0 Å². The summed E-state index contributed by atoms with van der Waals surface area (Å²) in [6.07, 6.45) is 3.68. The third kappa shape index (κ3) is 2.39. The van der Waals surface area contributed by atoms with Gasteiger partial charge in [0.1, 0.15) is 5.76 Å². The highest BCUT2D eigenvalue weighted by molar-refractivity contribution is 5.95. The molecule has 1 unspecified atom stereocenters. The number of carboxylic acids is 1. The maximum Gasteiger partial charge on any atom is 0.308 e. The number of likely N-dealkylation sites (tertiary alicyclic amines) is 1. The number of hydrogen-bond donors (Lipinski definition) is 1. The molecule has 0 saturated carbocycles. The Morgan fingerprint density at radius 3 is 2.94 bits per heavy atom. The van der Waals surface area contributed by atoms with Crippen molar-refractivity contribution in [3.63, 3.8) is 0 Å². The van der Waals surface area contributed by atoms with Gasteiger partial charge in [-0.3, -0.25) is 9.59 Å². The second-order valence-electron chi connectivity index (χ2n) is 4.58. The van der Waals surface area contributed by atoms with Gasteiger partial charge in [-0.1, -0.05) is 6.92 Å². The van der Waals surface area contributed by atoms with E-state index < -0.39 is 11.9 Å². The highest BCUT2D eigenvalue weighted by Crippen LogP contribution is 2.21. The molecule has 1 aliphatic heterocycles. The summed E-state index contributed by atoms with van der Waals surface area (Å²) in [4.78, 5) is 24.7. The van der Waals surface area contributed by atoms with Gasteiger partial charge in [0.05, 0.1) is 17.7 Å². The van der Waals surface area contributed by atoms with Crippen molar-refractivity contribution in [2.75, 3.05) is 13.1 Å². The van der Waals surface area contributed by atoms with Gasteiger partial charge in [0, 0.05) is 19.5 Å². The Balaban J connectivity index is 2.08. The lowest BCUT2D eigenvalue weighted by atomic mass is 10.1. The van der Waals surface area contributed by atoms with Crippen LogP contribution in [-0.2, 0) is 11.2 Å². The predicted octanol–water partition coefficient (Wildman–Crippen LogP) is 1.78. The molecule has 0 spiro atoms. The van der Waals surface area contributed by atoms with Crippen LogP contribution in [0.5, 0.6) is 0 Å². The lowest BCUT2D eigenvalue weighted by molar-refractivity contribution is -0.141. The van der Waals surface area contributed by atoms with Crippen LogP contribution in [0.4, 0.5) is 0 Å². The number of aliphatic carboxylic acids is 1. The molecule has 2 rings (SSSR count). The Hall–Kier alpha value is -1.78. The van der Waals surface area contributed by atoms with Gasteiger partial charge in [-0.05, 0) is 18.9 Å². The fourth-order valence-corrected chi connectivity index (χ4v) is 2.27. The molecular formula is C13H17NO4. The van der Waals surface area contributed by atoms with E-state index in [9.17, 15) is 9.59 Å². The SMILES string of the molecule is CCCc1occc1C(=O)N1CCC(C(=O)O)C1. The second-order valence-corrected chi connectivity index (χ2v) is 4.58. The molecule has 1 aromatic heterocycles. The van der Waals surface area contributed by atoms with Crippen LogP contribution in [0.1, 0.15) is 35.9 Å². The molecule has 2 heterocycles. The molecule has 1 fully saturated rings. The monoisotopic (exact) mass is 251 g/mol. The van der Waals surface area contributed by atoms with Gasteiger partial charge in [-0.15, -0.1) is 0 Å². The first-order valence-electron chi connectivity index (χ1n) is 6.22. The maximum atomic E-state index is 12.2. The van der Waals surface area contributed by atoms with Gasteiger partial charge in [-0.2, -0.15) is 0 Å². The van der Waals surface area contributed by atoms with Crippen molar-refractivity contribution in [3.05, 3.63) is 23.7 Å². The Bertz CT molecular complexity index is 452. The van der Waals surface area contributed by atoms with Gasteiger partial charge < -0.3 is 14.4 Å². The molecule has 5 heteroatoms. The number of carboxylic acid groups (broad SMARTS) is 1. The molecule has 1 saturated heterocycles. The van der Waals surface area contributed by atoms with Crippen molar-refractivity contribution in [2.45, 2.75) is 26.2 Å². The minimum absolute atomic E-state index is 0.115. The van der Waals surface area contributed by atoms with Gasteiger partial charge in [0.25, 0.3) is 5.91 Å². The predicted molar refractivity (Wildman–Crippen MR) is 64.3 cm³/mol. The third-order valence-electron chi connectivity index (χ3n) is 3.28. The van der Waals surface area contributed by atoms with Crippen LogP contribution in [-0.4, -0.2) is 35.0 Å². The third-order valence-corrected chi connectivity index (χ3v) is 3.28. The average molecular weight is 251 g/mol. The van der Waals surface area contributed by atoms with Crippen molar-refractivity contribution in [1.29, 1.82) is 0 Å². The standard InChI is InChI=1S/C13H17NO4/c1-2-3-11-10(5-7-18-11)12(15)14-6-4-9(8-14)13(16)17/h5,7,9H,2-4,6,8H2,1H3,(H,16,17). The van der Waals surface area contributed by atoms with Gasteiger partial charge in [0.15, 0.2) is 0 Å². The fourth-order valence-electron chi connectivity index (χ4n) is 2.27. The smallest absolute Gasteiger partial charge is 0.308 e. The molecule has 98 valence electrons. The number of carbonyl (C=O) groups excluding carboxylic acids is 1. The second kappa shape index (κ2) is 5.25. The first kappa shape index (κ1) is 12.7. The first-order chi connectivity index (χ1) is 8.63. The molecule has 1 atom stereocenters. The summed E-state index contributed by atoms with van der Waals surface area (Å²) in [5, 5.41) is 8.93. The zero-order chi connectivity index (χ0) is 13.1. The molecule has 1 aromatic rings. The summed E-state index contributed by atoms with van der Waals surface area (Å²) in [5.74, 6) is -0.682. The highest BCUT2D eigenvalue weighted by atomic mass is 16.4. The largest absolute Gasteiger partial charge is 0.481 e. The van der Waals surface area contributed by atoms with E-state index in [4.69, 9.17) is 9.52 Å². The van der Waals surface area contributed by atoms with Crippen molar-refractivity contribution < 1.29 is 19.1 Å². The quantitative estimate of drug-likeness (QED) is 0.885. The van der Waals surface area contributed by atoms with Crippen LogP contribution in [0.3, 0.4) is 0 Å². The zero-order valence-electron chi connectivity index (χ0n) is 10.4. The molecule has 0 aliphatic carbocycles. The zero-order valence-corrected chi connectivity index (χ0v) is 10.4. The van der Waals surface area contributed by atoms with Crippen LogP contribution in [0, 0.1) is 5.92 Å². The molecule has 18 heavy (non-hydrogen) atoms. The molecule has 5 nitrogen and oxygen atoms in total. The Labute approximate surface area is 105 Å². The summed E-state index contributed by atoms with van der Waals surface area (Å²) in [6, 6.07) is 1.67.